The quantitative estimate of drug-likeness (QED) is 0.802. The monoisotopic (exact) mass is 347 g/mol. The molecule has 2 aromatic carbocycles. The van der Waals surface area contributed by atoms with Crippen molar-refractivity contribution in [3.8, 4) is 5.75 Å². The molecule has 0 fully saturated rings. The molecule has 2 aromatic rings. The first-order chi connectivity index (χ1) is 11.5. The molecule has 0 aliphatic heterocycles. The lowest BCUT2D eigenvalue weighted by Gasteiger charge is -2.15. The molecule has 0 heterocycles. The van der Waals surface area contributed by atoms with Crippen LogP contribution < -0.4 is 10.1 Å². The van der Waals surface area contributed by atoms with Crippen molar-refractivity contribution in [2.24, 2.45) is 5.92 Å². The fraction of sp³-hybridized carbons (Fsp3) is 0.222. The lowest BCUT2D eigenvalue weighted by molar-refractivity contribution is -0.140. The van der Waals surface area contributed by atoms with E-state index in [1.54, 1.807) is 43.5 Å². The van der Waals surface area contributed by atoms with Crippen LogP contribution in [0, 0.1) is 5.92 Å². The standard InChI is InChI=1S/C18H18ClNO4/c1-24-16-8-2-12(3-9-16)10-13(11-17(21)22)18(23)20-15-6-4-14(19)5-7-15/h2-9,13H,10-11H2,1H3,(H,20,23)(H,21,22)/t13-/m1/s1. The van der Waals surface area contributed by atoms with Gasteiger partial charge in [-0.05, 0) is 48.4 Å². The first kappa shape index (κ1) is 17.8. The summed E-state index contributed by atoms with van der Waals surface area (Å²) in [5.41, 5.74) is 1.45. The van der Waals surface area contributed by atoms with E-state index in [9.17, 15) is 9.59 Å². The Morgan fingerprint density at radius 3 is 2.29 bits per heavy atom. The van der Waals surface area contributed by atoms with Crippen LogP contribution in [0.1, 0.15) is 12.0 Å². The molecule has 1 amide bonds. The summed E-state index contributed by atoms with van der Waals surface area (Å²) in [6.07, 6.45) is 0.0845. The number of halogens is 1. The zero-order chi connectivity index (χ0) is 17.5. The molecule has 0 aliphatic rings. The van der Waals surface area contributed by atoms with Gasteiger partial charge in [0.05, 0.1) is 19.4 Å². The highest BCUT2D eigenvalue weighted by Gasteiger charge is 2.22. The van der Waals surface area contributed by atoms with Gasteiger partial charge in [0.2, 0.25) is 5.91 Å². The molecule has 0 spiro atoms. The van der Waals surface area contributed by atoms with Crippen LogP contribution in [0.2, 0.25) is 5.02 Å². The SMILES string of the molecule is COc1ccc(C[C@H](CC(=O)O)C(=O)Nc2ccc(Cl)cc2)cc1. The van der Waals surface area contributed by atoms with E-state index < -0.39 is 11.9 Å². The number of methoxy groups -OCH3 is 1. The molecule has 0 saturated carbocycles. The summed E-state index contributed by atoms with van der Waals surface area (Å²) in [6, 6.07) is 13.9. The normalized spacial score (nSPS) is 11.6. The van der Waals surface area contributed by atoms with Gasteiger partial charge in [0.1, 0.15) is 5.75 Å². The van der Waals surface area contributed by atoms with Crippen molar-refractivity contribution in [2.45, 2.75) is 12.8 Å². The van der Waals surface area contributed by atoms with Gasteiger partial charge in [-0.3, -0.25) is 9.59 Å². The van der Waals surface area contributed by atoms with E-state index in [1.165, 1.54) is 0 Å². The number of anilines is 1. The highest BCUT2D eigenvalue weighted by molar-refractivity contribution is 6.30. The number of nitrogens with one attached hydrogen (secondary N) is 1. The molecule has 5 nitrogen and oxygen atoms in total. The summed E-state index contributed by atoms with van der Waals surface area (Å²) >= 11 is 5.81. The van der Waals surface area contributed by atoms with Crippen molar-refractivity contribution >= 4 is 29.2 Å². The molecule has 0 radical (unpaired) electrons. The molecule has 126 valence electrons. The third kappa shape index (κ3) is 5.28. The molecule has 2 N–H and O–H groups in total. The first-order valence-corrected chi connectivity index (χ1v) is 7.77. The minimum atomic E-state index is -1.01. The maximum absolute atomic E-state index is 12.4. The zero-order valence-electron chi connectivity index (χ0n) is 13.2. The molecule has 1 atom stereocenters. The number of hydrogen-bond acceptors (Lipinski definition) is 3. The molecule has 0 bridgehead atoms. The summed E-state index contributed by atoms with van der Waals surface area (Å²) in [5.74, 6) is -1.32. The number of amides is 1. The van der Waals surface area contributed by atoms with Crippen LogP contribution in [0.3, 0.4) is 0 Å². The van der Waals surface area contributed by atoms with Crippen LogP contribution in [-0.2, 0) is 16.0 Å². The highest BCUT2D eigenvalue weighted by atomic mass is 35.5. The highest BCUT2D eigenvalue weighted by Crippen LogP contribution is 2.19. The Balaban J connectivity index is 2.09. The summed E-state index contributed by atoms with van der Waals surface area (Å²) in [7, 11) is 1.57. The van der Waals surface area contributed by atoms with Crippen molar-refractivity contribution in [3.63, 3.8) is 0 Å². The number of carboxylic acids is 1. The number of aliphatic carboxylic acids is 1. The lowest BCUT2D eigenvalue weighted by Crippen LogP contribution is -2.27. The third-order valence-electron chi connectivity index (χ3n) is 3.54. The number of benzene rings is 2. The molecule has 6 heteroatoms. The van der Waals surface area contributed by atoms with Crippen LogP contribution in [0.4, 0.5) is 5.69 Å². The number of hydrogen-bond donors (Lipinski definition) is 2. The zero-order valence-corrected chi connectivity index (χ0v) is 13.9. The van der Waals surface area contributed by atoms with Crippen molar-refractivity contribution in [3.05, 3.63) is 59.1 Å². The Kier molecular flexibility index (Phi) is 6.21. The first-order valence-electron chi connectivity index (χ1n) is 7.39. The van der Waals surface area contributed by atoms with Gasteiger partial charge in [-0.1, -0.05) is 23.7 Å². The van der Waals surface area contributed by atoms with Crippen molar-refractivity contribution in [2.75, 3.05) is 12.4 Å². The Bertz CT molecular complexity index is 698. The number of ether oxygens (including phenoxy) is 1. The molecule has 0 unspecified atom stereocenters. The third-order valence-corrected chi connectivity index (χ3v) is 3.80. The van der Waals surface area contributed by atoms with E-state index in [-0.39, 0.29) is 12.3 Å². The van der Waals surface area contributed by atoms with E-state index in [2.05, 4.69) is 5.32 Å². The van der Waals surface area contributed by atoms with Crippen LogP contribution >= 0.6 is 11.6 Å². The van der Waals surface area contributed by atoms with Crippen LogP contribution in [0.5, 0.6) is 5.75 Å². The molecule has 0 aromatic heterocycles. The van der Waals surface area contributed by atoms with Crippen LogP contribution in [0.15, 0.2) is 48.5 Å². The van der Waals surface area contributed by atoms with Gasteiger partial charge in [0.15, 0.2) is 0 Å². The fourth-order valence-corrected chi connectivity index (χ4v) is 2.42. The minimum Gasteiger partial charge on any atom is -0.497 e. The van der Waals surface area contributed by atoms with E-state index in [1.807, 2.05) is 12.1 Å². The Hall–Kier alpha value is -2.53. The van der Waals surface area contributed by atoms with Gasteiger partial charge >= 0.3 is 5.97 Å². The Labute approximate surface area is 145 Å². The van der Waals surface area contributed by atoms with Gasteiger partial charge in [-0.2, -0.15) is 0 Å². The van der Waals surface area contributed by atoms with Gasteiger partial charge in [0, 0.05) is 10.7 Å². The topological polar surface area (TPSA) is 75.6 Å². The summed E-state index contributed by atoms with van der Waals surface area (Å²) in [6.45, 7) is 0. The Morgan fingerprint density at radius 1 is 1.12 bits per heavy atom. The smallest absolute Gasteiger partial charge is 0.304 e. The van der Waals surface area contributed by atoms with Crippen LogP contribution in [0.25, 0.3) is 0 Å². The number of carbonyl (C=O) groups is 2. The van der Waals surface area contributed by atoms with Crippen LogP contribution in [-0.4, -0.2) is 24.1 Å². The van der Waals surface area contributed by atoms with Gasteiger partial charge in [0.25, 0.3) is 0 Å². The molecule has 0 aliphatic carbocycles. The van der Waals surface area contributed by atoms with E-state index >= 15 is 0 Å². The fourth-order valence-electron chi connectivity index (χ4n) is 2.29. The average Bonchev–Trinajstić information content (AvgIpc) is 2.56. The van der Waals surface area contributed by atoms with E-state index in [0.29, 0.717) is 22.9 Å². The molecule has 0 saturated heterocycles. The van der Waals surface area contributed by atoms with E-state index in [4.69, 9.17) is 21.4 Å². The number of carbonyl (C=O) groups excluding carboxylic acids is 1. The second kappa shape index (κ2) is 8.36. The van der Waals surface area contributed by atoms with Gasteiger partial charge < -0.3 is 15.2 Å². The maximum atomic E-state index is 12.4. The predicted octanol–water partition coefficient (Wildman–Crippen LogP) is 3.62. The lowest BCUT2D eigenvalue weighted by atomic mass is 9.95. The predicted molar refractivity (Wildman–Crippen MR) is 92.5 cm³/mol. The largest absolute Gasteiger partial charge is 0.497 e. The number of carboxylic acid groups (broad SMARTS) is 1. The van der Waals surface area contributed by atoms with Crippen molar-refractivity contribution < 1.29 is 19.4 Å². The summed E-state index contributed by atoms with van der Waals surface area (Å²) in [5, 5.41) is 12.4. The van der Waals surface area contributed by atoms with Crippen molar-refractivity contribution in [1.29, 1.82) is 0 Å². The number of rotatable bonds is 7. The molecular formula is C18H18ClNO4. The molecule has 24 heavy (non-hydrogen) atoms. The molecule has 2 rings (SSSR count). The average molecular weight is 348 g/mol. The van der Waals surface area contributed by atoms with Gasteiger partial charge in [-0.15, -0.1) is 0 Å². The summed E-state index contributed by atoms with van der Waals surface area (Å²) in [4.78, 5) is 23.5. The Morgan fingerprint density at radius 2 is 1.75 bits per heavy atom. The second-order valence-electron chi connectivity index (χ2n) is 5.34. The summed E-state index contributed by atoms with van der Waals surface area (Å²) < 4.78 is 5.09. The van der Waals surface area contributed by atoms with E-state index in [0.717, 1.165) is 5.56 Å². The minimum absolute atomic E-state index is 0.245. The van der Waals surface area contributed by atoms with Gasteiger partial charge in [-0.25, -0.2) is 0 Å². The molecular weight excluding hydrogens is 330 g/mol. The van der Waals surface area contributed by atoms with Crippen molar-refractivity contribution in [1.82, 2.24) is 0 Å². The maximum Gasteiger partial charge on any atom is 0.304 e. The second-order valence-corrected chi connectivity index (χ2v) is 5.78.